The van der Waals surface area contributed by atoms with Crippen LogP contribution >= 0.6 is 0 Å². The molecule has 0 N–H and O–H groups in total. The van der Waals surface area contributed by atoms with Gasteiger partial charge in [0.2, 0.25) is 0 Å². The van der Waals surface area contributed by atoms with E-state index in [9.17, 15) is 9.18 Å². The first-order valence-corrected chi connectivity index (χ1v) is 12.1. The summed E-state index contributed by atoms with van der Waals surface area (Å²) >= 11 is 0. The number of unbranched alkanes of at least 4 members (excludes halogenated alkanes) is 1. The van der Waals surface area contributed by atoms with Crippen molar-refractivity contribution < 1.29 is 13.9 Å². The molecule has 0 saturated heterocycles. The molecule has 0 spiro atoms. The average Bonchev–Trinajstić information content (AvgIpc) is 2.79. The van der Waals surface area contributed by atoms with Crippen molar-refractivity contribution >= 4 is 5.97 Å². The van der Waals surface area contributed by atoms with E-state index in [-0.39, 0.29) is 11.7 Å². The first kappa shape index (κ1) is 22.0. The minimum Gasteiger partial charge on any atom is -0.453 e. The highest BCUT2D eigenvalue weighted by Gasteiger charge is 2.30. The van der Waals surface area contributed by atoms with E-state index in [1.807, 2.05) is 6.07 Å². The standard InChI is InChI=1S/C28H35FO2/c1-3-4-5-20-7-9-21(10-8-20)11-12-22-13-16-23(17-14-22)25-18-24-15-6-19(2)27(29)26(24)28(30)31-25/h6,13-17,20-21,25H,3-5,7-12,18H2,1-2H3. The summed E-state index contributed by atoms with van der Waals surface area (Å²) in [4.78, 5) is 12.4. The Hall–Kier alpha value is -2.16. The van der Waals surface area contributed by atoms with Gasteiger partial charge in [-0.2, -0.15) is 0 Å². The maximum absolute atomic E-state index is 14.3. The van der Waals surface area contributed by atoms with E-state index in [2.05, 4.69) is 31.2 Å². The van der Waals surface area contributed by atoms with Crippen LogP contribution in [-0.2, 0) is 17.6 Å². The Morgan fingerprint density at radius 3 is 2.32 bits per heavy atom. The number of fused-ring (bicyclic) bond motifs is 1. The summed E-state index contributed by atoms with van der Waals surface area (Å²) in [7, 11) is 0. The fraction of sp³-hybridized carbons (Fsp3) is 0.536. The zero-order valence-corrected chi connectivity index (χ0v) is 19.0. The van der Waals surface area contributed by atoms with Crippen molar-refractivity contribution in [3.63, 3.8) is 0 Å². The maximum atomic E-state index is 14.3. The summed E-state index contributed by atoms with van der Waals surface area (Å²) in [5, 5.41) is 0. The van der Waals surface area contributed by atoms with Crippen molar-refractivity contribution in [2.45, 2.75) is 84.2 Å². The Bertz CT molecular complexity index is 894. The van der Waals surface area contributed by atoms with Crippen molar-refractivity contribution in [3.05, 3.63) is 70.0 Å². The second-order valence-electron chi connectivity index (χ2n) is 9.64. The molecule has 2 aliphatic rings. The fourth-order valence-corrected chi connectivity index (χ4v) is 5.30. The lowest BCUT2D eigenvalue weighted by molar-refractivity contribution is 0.0245. The minimum atomic E-state index is -0.550. The van der Waals surface area contributed by atoms with Crippen molar-refractivity contribution in [3.8, 4) is 0 Å². The highest BCUT2D eigenvalue weighted by molar-refractivity contribution is 5.92. The van der Waals surface area contributed by atoms with E-state index in [1.54, 1.807) is 13.0 Å². The second-order valence-corrected chi connectivity index (χ2v) is 9.64. The Morgan fingerprint density at radius 2 is 1.65 bits per heavy atom. The predicted molar refractivity (Wildman–Crippen MR) is 123 cm³/mol. The molecule has 0 aromatic heterocycles. The van der Waals surface area contributed by atoms with Gasteiger partial charge in [0.15, 0.2) is 0 Å². The molecule has 2 aromatic carbocycles. The van der Waals surface area contributed by atoms with Crippen LogP contribution in [0.1, 0.15) is 97.0 Å². The van der Waals surface area contributed by atoms with Gasteiger partial charge in [-0.05, 0) is 53.9 Å². The largest absolute Gasteiger partial charge is 0.453 e. The first-order chi connectivity index (χ1) is 15.0. The van der Waals surface area contributed by atoms with Crippen LogP contribution in [0.15, 0.2) is 36.4 Å². The molecular weight excluding hydrogens is 387 g/mol. The molecule has 0 amide bonds. The highest BCUT2D eigenvalue weighted by Crippen LogP contribution is 2.35. The van der Waals surface area contributed by atoms with Crippen molar-refractivity contribution in [2.75, 3.05) is 0 Å². The van der Waals surface area contributed by atoms with Crippen molar-refractivity contribution in [2.24, 2.45) is 11.8 Å². The van der Waals surface area contributed by atoms with Crippen molar-refractivity contribution in [1.29, 1.82) is 0 Å². The molecule has 4 rings (SSSR count). The number of carbonyl (C=O) groups is 1. The zero-order valence-electron chi connectivity index (χ0n) is 19.0. The van der Waals surface area contributed by atoms with Gasteiger partial charge in [-0.1, -0.05) is 88.3 Å². The molecule has 1 saturated carbocycles. The quantitative estimate of drug-likeness (QED) is 0.431. The second kappa shape index (κ2) is 9.97. The minimum absolute atomic E-state index is 0.109. The van der Waals surface area contributed by atoms with Crippen LogP contribution in [0.25, 0.3) is 0 Å². The molecule has 0 bridgehead atoms. The third kappa shape index (κ3) is 5.19. The molecular formula is C28H35FO2. The number of hydrogen-bond acceptors (Lipinski definition) is 2. The Labute approximate surface area is 186 Å². The Balaban J connectivity index is 1.31. The van der Waals surface area contributed by atoms with Gasteiger partial charge in [0.25, 0.3) is 0 Å². The van der Waals surface area contributed by atoms with Crippen LogP contribution in [0, 0.1) is 24.6 Å². The third-order valence-corrected chi connectivity index (χ3v) is 7.41. The number of halogens is 1. The zero-order chi connectivity index (χ0) is 21.8. The number of esters is 1. The predicted octanol–water partition coefficient (Wildman–Crippen LogP) is 7.52. The van der Waals surface area contributed by atoms with E-state index in [0.717, 1.165) is 29.4 Å². The maximum Gasteiger partial charge on any atom is 0.342 e. The molecule has 1 unspecified atom stereocenters. The van der Waals surface area contributed by atoms with Gasteiger partial charge in [0, 0.05) is 6.42 Å². The van der Waals surface area contributed by atoms with Crippen LogP contribution in [0.4, 0.5) is 4.39 Å². The topological polar surface area (TPSA) is 26.3 Å². The SMILES string of the molecule is CCCCC1CCC(CCc2ccc(C3Cc4ccc(C)c(F)c4C(=O)O3)cc2)CC1. The van der Waals surface area contributed by atoms with E-state index in [0.29, 0.717) is 12.0 Å². The van der Waals surface area contributed by atoms with Crippen LogP contribution in [0.3, 0.4) is 0 Å². The van der Waals surface area contributed by atoms with Crippen LogP contribution in [0.2, 0.25) is 0 Å². The number of benzene rings is 2. The number of ether oxygens (including phenoxy) is 1. The molecule has 2 nitrogen and oxygen atoms in total. The fourth-order valence-electron chi connectivity index (χ4n) is 5.30. The van der Waals surface area contributed by atoms with E-state index in [4.69, 9.17) is 4.74 Å². The lowest BCUT2D eigenvalue weighted by atomic mass is 9.78. The first-order valence-electron chi connectivity index (χ1n) is 12.1. The summed E-state index contributed by atoms with van der Waals surface area (Å²) in [6.45, 7) is 3.96. The summed E-state index contributed by atoms with van der Waals surface area (Å²) in [6, 6.07) is 12.1. The molecule has 3 heteroatoms. The molecule has 0 radical (unpaired) electrons. The molecule has 1 atom stereocenters. The van der Waals surface area contributed by atoms with Gasteiger partial charge in [-0.3, -0.25) is 0 Å². The molecule has 1 aliphatic carbocycles. The van der Waals surface area contributed by atoms with E-state index >= 15 is 0 Å². The number of hydrogen-bond donors (Lipinski definition) is 0. The smallest absolute Gasteiger partial charge is 0.342 e. The molecule has 1 fully saturated rings. The monoisotopic (exact) mass is 422 g/mol. The van der Waals surface area contributed by atoms with Gasteiger partial charge in [0.05, 0.1) is 5.56 Å². The van der Waals surface area contributed by atoms with Gasteiger partial charge >= 0.3 is 5.97 Å². The van der Waals surface area contributed by atoms with Gasteiger partial charge in [0.1, 0.15) is 11.9 Å². The third-order valence-electron chi connectivity index (χ3n) is 7.41. The average molecular weight is 423 g/mol. The van der Waals surface area contributed by atoms with Gasteiger partial charge < -0.3 is 4.74 Å². The molecule has 1 heterocycles. The summed E-state index contributed by atoms with van der Waals surface area (Å²) in [5.74, 6) is 0.838. The Kier molecular flexibility index (Phi) is 7.09. The van der Waals surface area contributed by atoms with Gasteiger partial charge in [-0.25, -0.2) is 9.18 Å². The summed E-state index contributed by atoms with van der Waals surface area (Å²) in [6.07, 6.45) is 12.3. The lowest BCUT2D eigenvalue weighted by Crippen LogP contribution is -2.23. The number of cyclic esters (lactones) is 1. The van der Waals surface area contributed by atoms with Crippen LogP contribution in [0.5, 0.6) is 0 Å². The van der Waals surface area contributed by atoms with Crippen LogP contribution in [-0.4, -0.2) is 5.97 Å². The highest BCUT2D eigenvalue weighted by atomic mass is 19.1. The molecule has 31 heavy (non-hydrogen) atoms. The summed E-state index contributed by atoms with van der Waals surface area (Å²) in [5.41, 5.74) is 3.66. The molecule has 1 aliphatic heterocycles. The van der Waals surface area contributed by atoms with Gasteiger partial charge in [-0.15, -0.1) is 0 Å². The van der Waals surface area contributed by atoms with E-state index in [1.165, 1.54) is 56.9 Å². The lowest BCUT2D eigenvalue weighted by Gasteiger charge is -2.28. The number of rotatable bonds is 7. The van der Waals surface area contributed by atoms with Crippen molar-refractivity contribution in [1.82, 2.24) is 0 Å². The molecule has 2 aromatic rings. The van der Waals surface area contributed by atoms with E-state index < -0.39 is 11.8 Å². The number of carbonyl (C=O) groups excluding carboxylic acids is 1. The number of aryl methyl sites for hydroxylation is 2. The summed E-state index contributed by atoms with van der Waals surface area (Å²) < 4.78 is 19.9. The normalized spacial score (nSPS) is 23.3. The molecule has 166 valence electrons. The van der Waals surface area contributed by atoms with Crippen LogP contribution < -0.4 is 0 Å². The Morgan fingerprint density at radius 1 is 0.968 bits per heavy atom.